The second-order valence-corrected chi connectivity index (χ2v) is 3.00. The van der Waals surface area contributed by atoms with Crippen molar-refractivity contribution in [2.24, 2.45) is 0 Å². The summed E-state index contributed by atoms with van der Waals surface area (Å²) in [5.74, 6) is -0.145. The Morgan fingerprint density at radius 2 is 2.50 bits per heavy atom. The number of nitriles is 1. The van der Waals surface area contributed by atoms with E-state index in [1.54, 1.807) is 13.8 Å². The zero-order chi connectivity index (χ0) is 12.0. The summed E-state index contributed by atoms with van der Waals surface area (Å²) in [7, 11) is 0. The molecule has 1 aromatic heterocycles. The Bertz CT molecular complexity index is 414. The van der Waals surface area contributed by atoms with Gasteiger partial charge in [0, 0.05) is 6.20 Å². The maximum atomic E-state index is 11.3. The molecular formula is C10H12N4O2. The number of carbonyl (C=O) groups is 1. The first-order chi connectivity index (χ1) is 7.67. The fourth-order valence-electron chi connectivity index (χ4n) is 1.01. The van der Waals surface area contributed by atoms with Crippen LogP contribution in [0.4, 0.5) is 5.95 Å². The van der Waals surface area contributed by atoms with E-state index < -0.39 is 6.04 Å². The highest BCUT2D eigenvalue weighted by Crippen LogP contribution is 2.02. The van der Waals surface area contributed by atoms with Gasteiger partial charge in [0.25, 0.3) is 0 Å². The molecule has 0 aromatic carbocycles. The summed E-state index contributed by atoms with van der Waals surface area (Å²) in [5, 5.41) is 11.4. The van der Waals surface area contributed by atoms with Crippen molar-refractivity contribution in [2.75, 3.05) is 11.9 Å². The monoisotopic (exact) mass is 220 g/mol. The van der Waals surface area contributed by atoms with Crippen LogP contribution in [0.15, 0.2) is 12.3 Å². The lowest BCUT2D eigenvalue weighted by Crippen LogP contribution is -2.29. The Kier molecular flexibility index (Phi) is 4.21. The number of nitrogens with one attached hydrogen (secondary N) is 1. The first-order valence-corrected chi connectivity index (χ1v) is 4.83. The van der Waals surface area contributed by atoms with Crippen LogP contribution in [0.3, 0.4) is 0 Å². The predicted octanol–water partition coefficient (Wildman–Crippen LogP) is 0.712. The summed E-state index contributed by atoms with van der Waals surface area (Å²) >= 11 is 0. The topological polar surface area (TPSA) is 87.9 Å². The molecule has 0 aliphatic rings. The quantitative estimate of drug-likeness (QED) is 0.752. The Hall–Kier alpha value is -2.16. The molecule has 0 fully saturated rings. The Balaban J connectivity index is 2.66. The molecule has 0 bridgehead atoms. The Morgan fingerprint density at radius 1 is 1.75 bits per heavy atom. The largest absolute Gasteiger partial charge is 0.464 e. The second-order valence-electron chi connectivity index (χ2n) is 3.00. The summed E-state index contributed by atoms with van der Waals surface area (Å²) in [5.41, 5.74) is 0.244. The maximum absolute atomic E-state index is 11.3. The van der Waals surface area contributed by atoms with Crippen molar-refractivity contribution in [1.82, 2.24) is 9.97 Å². The summed E-state index contributed by atoms with van der Waals surface area (Å²) in [6.07, 6.45) is 1.45. The highest BCUT2D eigenvalue weighted by Gasteiger charge is 2.14. The molecule has 0 saturated carbocycles. The van der Waals surface area contributed by atoms with E-state index in [4.69, 9.17) is 10.00 Å². The van der Waals surface area contributed by atoms with E-state index in [0.29, 0.717) is 6.61 Å². The number of carbonyl (C=O) groups excluding carboxylic acids is 1. The van der Waals surface area contributed by atoms with Crippen molar-refractivity contribution in [1.29, 1.82) is 5.26 Å². The molecule has 1 aromatic rings. The molecule has 0 aliphatic heterocycles. The lowest BCUT2D eigenvalue weighted by Gasteiger charge is -2.11. The van der Waals surface area contributed by atoms with Crippen LogP contribution >= 0.6 is 0 Å². The average Bonchev–Trinajstić information content (AvgIpc) is 2.29. The average molecular weight is 220 g/mol. The summed E-state index contributed by atoms with van der Waals surface area (Å²) in [6, 6.07) is 2.83. The maximum Gasteiger partial charge on any atom is 0.328 e. The molecular weight excluding hydrogens is 208 g/mol. The van der Waals surface area contributed by atoms with Crippen LogP contribution in [0.2, 0.25) is 0 Å². The molecule has 0 amide bonds. The minimum atomic E-state index is -0.547. The van der Waals surface area contributed by atoms with Gasteiger partial charge in [-0.25, -0.2) is 14.8 Å². The van der Waals surface area contributed by atoms with Crippen molar-refractivity contribution in [3.05, 3.63) is 18.0 Å². The third-order valence-electron chi connectivity index (χ3n) is 1.76. The Morgan fingerprint density at radius 3 is 3.12 bits per heavy atom. The molecule has 0 aliphatic carbocycles. The van der Waals surface area contributed by atoms with E-state index >= 15 is 0 Å². The summed E-state index contributed by atoms with van der Waals surface area (Å²) in [6.45, 7) is 3.70. The zero-order valence-electron chi connectivity index (χ0n) is 9.10. The van der Waals surface area contributed by atoms with Crippen molar-refractivity contribution < 1.29 is 9.53 Å². The van der Waals surface area contributed by atoms with Gasteiger partial charge in [-0.1, -0.05) is 0 Å². The first-order valence-electron chi connectivity index (χ1n) is 4.83. The van der Waals surface area contributed by atoms with E-state index in [0.717, 1.165) is 0 Å². The van der Waals surface area contributed by atoms with Gasteiger partial charge in [-0.05, 0) is 19.9 Å². The summed E-state index contributed by atoms with van der Waals surface area (Å²) in [4.78, 5) is 19.1. The number of nitrogens with zero attached hydrogens (tertiary/aromatic N) is 3. The standard InChI is InChI=1S/C10H12N4O2/c1-3-16-9(15)7(2)13-10-12-5-4-8(6-11)14-10/h4-5,7H,3H2,1-2H3,(H,12,13,14). The smallest absolute Gasteiger partial charge is 0.328 e. The Labute approximate surface area is 93.3 Å². The lowest BCUT2D eigenvalue weighted by atomic mass is 10.3. The predicted molar refractivity (Wildman–Crippen MR) is 56.5 cm³/mol. The zero-order valence-corrected chi connectivity index (χ0v) is 9.10. The lowest BCUT2D eigenvalue weighted by molar-refractivity contribution is -0.143. The van der Waals surface area contributed by atoms with Gasteiger partial charge in [-0.3, -0.25) is 0 Å². The van der Waals surface area contributed by atoms with Gasteiger partial charge in [-0.2, -0.15) is 5.26 Å². The number of anilines is 1. The fraction of sp³-hybridized carbons (Fsp3) is 0.400. The highest BCUT2D eigenvalue weighted by molar-refractivity contribution is 5.78. The molecule has 0 saturated heterocycles. The van der Waals surface area contributed by atoms with Crippen molar-refractivity contribution >= 4 is 11.9 Å². The molecule has 0 spiro atoms. The molecule has 1 unspecified atom stereocenters. The van der Waals surface area contributed by atoms with Crippen LogP contribution in [-0.4, -0.2) is 28.6 Å². The van der Waals surface area contributed by atoms with E-state index in [2.05, 4.69) is 15.3 Å². The van der Waals surface area contributed by atoms with E-state index in [-0.39, 0.29) is 17.6 Å². The van der Waals surface area contributed by atoms with Gasteiger partial charge in [0.2, 0.25) is 5.95 Å². The highest BCUT2D eigenvalue weighted by atomic mass is 16.5. The van der Waals surface area contributed by atoms with Crippen LogP contribution < -0.4 is 5.32 Å². The number of rotatable bonds is 4. The molecule has 1 N–H and O–H groups in total. The molecule has 84 valence electrons. The molecule has 16 heavy (non-hydrogen) atoms. The van der Waals surface area contributed by atoms with E-state index in [1.165, 1.54) is 12.3 Å². The van der Waals surface area contributed by atoms with Crippen LogP contribution in [-0.2, 0) is 9.53 Å². The van der Waals surface area contributed by atoms with Crippen LogP contribution in [0.25, 0.3) is 0 Å². The van der Waals surface area contributed by atoms with Crippen LogP contribution in [0.5, 0.6) is 0 Å². The fourth-order valence-corrected chi connectivity index (χ4v) is 1.01. The van der Waals surface area contributed by atoms with E-state index in [9.17, 15) is 4.79 Å². The van der Waals surface area contributed by atoms with Gasteiger partial charge in [0.05, 0.1) is 6.61 Å². The van der Waals surface area contributed by atoms with Crippen molar-refractivity contribution in [2.45, 2.75) is 19.9 Å². The summed E-state index contributed by atoms with van der Waals surface area (Å²) < 4.78 is 4.81. The number of esters is 1. The second kappa shape index (κ2) is 5.66. The van der Waals surface area contributed by atoms with Crippen molar-refractivity contribution in [3.8, 4) is 6.07 Å². The number of ether oxygens (including phenoxy) is 1. The molecule has 1 heterocycles. The van der Waals surface area contributed by atoms with E-state index in [1.807, 2.05) is 6.07 Å². The normalized spacial score (nSPS) is 11.3. The van der Waals surface area contributed by atoms with Gasteiger partial charge in [0.15, 0.2) is 0 Å². The molecule has 1 atom stereocenters. The molecule has 6 heteroatoms. The number of aromatic nitrogens is 2. The molecule has 0 radical (unpaired) electrons. The molecule has 6 nitrogen and oxygen atoms in total. The van der Waals surface area contributed by atoms with Gasteiger partial charge >= 0.3 is 5.97 Å². The SMILES string of the molecule is CCOC(=O)C(C)Nc1nccc(C#N)n1. The third-order valence-corrected chi connectivity index (χ3v) is 1.76. The van der Waals surface area contributed by atoms with Crippen molar-refractivity contribution in [3.63, 3.8) is 0 Å². The van der Waals surface area contributed by atoms with Crippen LogP contribution in [0.1, 0.15) is 19.5 Å². The third kappa shape index (κ3) is 3.20. The van der Waals surface area contributed by atoms with Gasteiger partial charge in [-0.15, -0.1) is 0 Å². The van der Waals surface area contributed by atoms with Gasteiger partial charge < -0.3 is 10.1 Å². The number of hydrogen-bond donors (Lipinski definition) is 1. The minimum absolute atomic E-state index is 0.236. The first kappa shape index (κ1) is 11.9. The molecule has 1 rings (SSSR count). The van der Waals surface area contributed by atoms with Gasteiger partial charge in [0.1, 0.15) is 17.8 Å². The number of hydrogen-bond acceptors (Lipinski definition) is 6. The van der Waals surface area contributed by atoms with Crippen LogP contribution in [0, 0.1) is 11.3 Å². The minimum Gasteiger partial charge on any atom is -0.464 e.